The maximum atomic E-state index is 13.3. The van der Waals surface area contributed by atoms with Gasteiger partial charge in [0.1, 0.15) is 23.0 Å². The fourth-order valence-electron chi connectivity index (χ4n) is 6.48. The number of nitrogens with zero attached hydrogens (tertiary/aromatic N) is 1. The van der Waals surface area contributed by atoms with Crippen LogP contribution in [0, 0.1) is 5.92 Å². The molecule has 1 saturated heterocycles. The summed E-state index contributed by atoms with van der Waals surface area (Å²) < 4.78 is 12.1. The Kier molecular flexibility index (Phi) is 5.31. The first kappa shape index (κ1) is 25.2. The number of phenolic OH excluding ortho intramolecular Hbond substituents is 2. The first-order valence-electron chi connectivity index (χ1n) is 12.8. The highest BCUT2D eigenvalue weighted by molar-refractivity contribution is 6.00. The van der Waals surface area contributed by atoms with Gasteiger partial charge >= 0.3 is 5.97 Å². The number of hydrogen-bond donors (Lipinski definition) is 3. The standard InChI is InChI=1S/C30H29N2O7/c1-28(2)14-16(15-29(3,4)32(28)37)26(35)31-17-5-8-21-20(11-17)27(36)39-30(21)22-9-6-18(33)12-24(22)38-25-13-19(34)7-10-23(25)30/h5-13,16,33-34H,14-15H2,1-4H3,(H,31,35). The fourth-order valence-corrected chi connectivity index (χ4v) is 6.48. The summed E-state index contributed by atoms with van der Waals surface area (Å²) in [7, 11) is 0. The number of anilines is 1. The van der Waals surface area contributed by atoms with Crippen LogP contribution in [-0.2, 0) is 20.3 Å². The topological polar surface area (TPSA) is 128 Å². The normalized spacial score (nSPS) is 20.4. The highest BCUT2D eigenvalue weighted by atomic mass is 16.6. The lowest BCUT2D eigenvalue weighted by Gasteiger charge is -2.49. The van der Waals surface area contributed by atoms with Gasteiger partial charge in [-0.25, -0.2) is 4.79 Å². The van der Waals surface area contributed by atoms with Gasteiger partial charge in [0.2, 0.25) is 5.91 Å². The number of esters is 1. The number of rotatable bonds is 2. The number of carbonyl (C=O) groups excluding carboxylic acids is 2. The van der Waals surface area contributed by atoms with E-state index in [1.165, 1.54) is 24.3 Å². The molecule has 0 atom stereocenters. The van der Waals surface area contributed by atoms with Crippen LogP contribution in [0.15, 0.2) is 54.6 Å². The van der Waals surface area contributed by atoms with E-state index < -0.39 is 22.6 Å². The average Bonchev–Trinajstić information content (AvgIpc) is 3.13. The fraction of sp³-hybridized carbons (Fsp3) is 0.333. The van der Waals surface area contributed by atoms with Crippen LogP contribution >= 0.6 is 0 Å². The Morgan fingerprint density at radius 2 is 1.41 bits per heavy atom. The highest BCUT2D eigenvalue weighted by Gasteiger charge is 2.54. The summed E-state index contributed by atoms with van der Waals surface area (Å²) in [6.45, 7) is 7.37. The molecule has 9 nitrogen and oxygen atoms in total. The van der Waals surface area contributed by atoms with Crippen LogP contribution in [0.5, 0.6) is 23.0 Å². The van der Waals surface area contributed by atoms with E-state index in [0.717, 1.165) is 5.06 Å². The Balaban J connectivity index is 1.39. The summed E-state index contributed by atoms with van der Waals surface area (Å²) in [5.41, 5.74) is -0.426. The van der Waals surface area contributed by atoms with Crippen LogP contribution in [0.25, 0.3) is 0 Å². The number of piperidine rings is 1. The van der Waals surface area contributed by atoms with Crippen molar-refractivity contribution in [1.29, 1.82) is 0 Å². The zero-order valence-electron chi connectivity index (χ0n) is 22.1. The number of ether oxygens (including phenoxy) is 2. The van der Waals surface area contributed by atoms with Crippen molar-refractivity contribution in [3.8, 4) is 23.0 Å². The number of hydroxylamine groups is 2. The van der Waals surface area contributed by atoms with Gasteiger partial charge in [0, 0.05) is 51.5 Å². The number of carbonyl (C=O) groups is 2. The Morgan fingerprint density at radius 1 is 0.872 bits per heavy atom. The van der Waals surface area contributed by atoms with Crippen molar-refractivity contribution in [3.63, 3.8) is 0 Å². The third-order valence-corrected chi connectivity index (χ3v) is 8.00. The molecule has 1 fully saturated rings. The largest absolute Gasteiger partial charge is 0.508 e. The van der Waals surface area contributed by atoms with Gasteiger partial charge in [-0.2, -0.15) is 0 Å². The molecule has 3 aliphatic rings. The van der Waals surface area contributed by atoms with Gasteiger partial charge in [-0.05, 0) is 76.9 Å². The number of fused-ring (bicyclic) bond motifs is 6. The quantitative estimate of drug-likeness (QED) is 0.388. The lowest BCUT2D eigenvalue weighted by molar-refractivity contribution is -0.292. The van der Waals surface area contributed by atoms with Crippen molar-refractivity contribution in [2.45, 2.75) is 57.2 Å². The predicted molar refractivity (Wildman–Crippen MR) is 140 cm³/mol. The van der Waals surface area contributed by atoms with E-state index in [4.69, 9.17) is 9.47 Å². The van der Waals surface area contributed by atoms with Gasteiger partial charge in [-0.3, -0.25) is 4.79 Å². The van der Waals surface area contributed by atoms with E-state index in [1.54, 1.807) is 30.3 Å². The zero-order chi connectivity index (χ0) is 27.9. The molecule has 3 aliphatic heterocycles. The summed E-state index contributed by atoms with van der Waals surface area (Å²) >= 11 is 0. The van der Waals surface area contributed by atoms with Crippen LogP contribution in [0.3, 0.4) is 0 Å². The second-order valence-electron chi connectivity index (χ2n) is 11.8. The molecule has 3 N–H and O–H groups in total. The predicted octanol–water partition coefficient (Wildman–Crippen LogP) is 5.22. The molecule has 3 heterocycles. The minimum atomic E-state index is -1.37. The van der Waals surface area contributed by atoms with Crippen molar-refractivity contribution in [1.82, 2.24) is 5.06 Å². The third kappa shape index (κ3) is 3.76. The number of hydrogen-bond acceptors (Lipinski definition) is 7. The van der Waals surface area contributed by atoms with E-state index in [9.17, 15) is 25.0 Å². The average molecular weight is 530 g/mol. The number of nitrogens with one attached hydrogen (secondary N) is 1. The molecule has 3 aromatic rings. The number of amides is 1. The summed E-state index contributed by atoms with van der Waals surface area (Å²) in [5.74, 6) is -0.627. The van der Waals surface area contributed by atoms with Crippen molar-refractivity contribution in [2.24, 2.45) is 5.92 Å². The van der Waals surface area contributed by atoms with E-state index >= 15 is 0 Å². The number of aromatic hydroxyl groups is 2. The molecular weight excluding hydrogens is 500 g/mol. The van der Waals surface area contributed by atoms with Crippen molar-refractivity contribution < 1.29 is 34.5 Å². The van der Waals surface area contributed by atoms with Gasteiger partial charge < -0.3 is 25.0 Å². The van der Waals surface area contributed by atoms with Crippen LogP contribution < -0.4 is 10.1 Å². The maximum Gasteiger partial charge on any atom is 0.340 e. The molecule has 3 aromatic carbocycles. The third-order valence-electron chi connectivity index (χ3n) is 8.00. The first-order chi connectivity index (χ1) is 18.3. The minimum Gasteiger partial charge on any atom is -0.508 e. The van der Waals surface area contributed by atoms with Gasteiger partial charge in [0.15, 0.2) is 5.60 Å². The molecule has 6 rings (SSSR count). The zero-order valence-corrected chi connectivity index (χ0v) is 22.1. The van der Waals surface area contributed by atoms with Crippen LogP contribution in [0.2, 0.25) is 0 Å². The molecular formula is C30H29N2O7. The van der Waals surface area contributed by atoms with Crippen molar-refractivity contribution >= 4 is 17.6 Å². The first-order valence-corrected chi connectivity index (χ1v) is 12.8. The van der Waals surface area contributed by atoms with Crippen LogP contribution in [0.4, 0.5) is 5.69 Å². The Hall–Kier alpha value is -4.08. The molecule has 9 heteroatoms. The van der Waals surface area contributed by atoms with Crippen LogP contribution in [-0.4, -0.2) is 38.2 Å². The molecule has 1 spiro atoms. The lowest BCUT2D eigenvalue weighted by atomic mass is 9.75. The molecule has 1 radical (unpaired) electrons. The van der Waals surface area contributed by atoms with E-state index in [-0.39, 0.29) is 28.9 Å². The smallest absolute Gasteiger partial charge is 0.340 e. The second-order valence-corrected chi connectivity index (χ2v) is 11.8. The number of phenols is 2. The summed E-state index contributed by atoms with van der Waals surface area (Å²) in [6, 6.07) is 14.2. The summed E-state index contributed by atoms with van der Waals surface area (Å²) in [4.78, 5) is 26.6. The van der Waals surface area contributed by atoms with E-state index in [0.29, 0.717) is 46.7 Å². The van der Waals surface area contributed by atoms with Crippen molar-refractivity contribution in [2.75, 3.05) is 5.32 Å². The highest BCUT2D eigenvalue weighted by Crippen LogP contribution is 2.57. The molecule has 0 aliphatic carbocycles. The molecule has 0 bridgehead atoms. The van der Waals surface area contributed by atoms with Gasteiger partial charge in [0.25, 0.3) is 0 Å². The molecule has 0 unspecified atom stereocenters. The Morgan fingerprint density at radius 3 is 1.97 bits per heavy atom. The van der Waals surface area contributed by atoms with E-state index in [1.807, 2.05) is 27.7 Å². The van der Waals surface area contributed by atoms with Gasteiger partial charge in [-0.15, -0.1) is 10.3 Å². The Labute approximate surface area is 225 Å². The molecule has 39 heavy (non-hydrogen) atoms. The van der Waals surface area contributed by atoms with Crippen LogP contribution in [0.1, 0.15) is 67.6 Å². The number of benzene rings is 3. The second kappa shape index (κ2) is 8.21. The minimum absolute atomic E-state index is 0.0238. The SMILES string of the molecule is CC1(C)CC(C(=O)Nc2ccc3c(c2)C(=O)OC32c3ccc(O)cc3Oc3cc(O)ccc32)CC(C)(C)N1[O]. The van der Waals surface area contributed by atoms with E-state index in [2.05, 4.69) is 5.32 Å². The molecule has 201 valence electrons. The lowest BCUT2D eigenvalue weighted by Crippen LogP contribution is -2.59. The Bertz CT molecular complexity index is 1470. The monoisotopic (exact) mass is 529 g/mol. The summed E-state index contributed by atoms with van der Waals surface area (Å²) in [6.07, 6.45) is 0.824. The van der Waals surface area contributed by atoms with Crippen molar-refractivity contribution in [3.05, 3.63) is 76.9 Å². The maximum absolute atomic E-state index is 13.3. The summed E-state index contributed by atoms with van der Waals surface area (Å²) in [5, 5.41) is 36.9. The molecule has 0 saturated carbocycles. The molecule has 0 aromatic heterocycles. The van der Waals surface area contributed by atoms with Gasteiger partial charge in [0.05, 0.1) is 5.56 Å². The molecule has 1 amide bonds. The van der Waals surface area contributed by atoms with Gasteiger partial charge in [-0.1, -0.05) is 6.07 Å².